The summed E-state index contributed by atoms with van der Waals surface area (Å²) >= 11 is 12.1. The molecule has 0 saturated heterocycles. The molecule has 30 heavy (non-hydrogen) atoms. The first kappa shape index (κ1) is 24.2. The molecule has 0 aliphatic heterocycles. The molecule has 0 spiro atoms. The number of hydrogen-bond acceptors (Lipinski definition) is 2. The van der Waals surface area contributed by atoms with E-state index in [2.05, 4.69) is 5.32 Å². The van der Waals surface area contributed by atoms with Gasteiger partial charge in [-0.3, -0.25) is 9.59 Å². The number of halogens is 3. The first-order valence-corrected chi connectivity index (χ1v) is 10.9. The molecule has 0 saturated carbocycles. The largest absolute Gasteiger partial charge is 0.354 e. The van der Waals surface area contributed by atoms with Gasteiger partial charge in [0.2, 0.25) is 11.8 Å². The number of amides is 2. The van der Waals surface area contributed by atoms with E-state index in [-0.39, 0.29) is 30.6 Å². The highest BCUT2D eigenvalue weighted by atomic mass is 35.5. The van der Waals surface area contributed by atoms with Crippen LogP contribution in [0.15, 0.2) is 42.5 Å². The summed E-state index contributed by atoms with van der Waals surface area (Å²) in [4.78, 5) is 27.5. The lowest BCUT2D eigenvalue weighted by atomic mass is 10.1. The Kier molecular flexibility index (Phi) is 9.60. The second kappa shape index (κ2) is 11.9. The van der Waals surface area contributed by atoms with Gasteiger partial charge in [-0.2, -0.15) is 0 Å². The summed E-state index contributed by atoms with van der Waals surface area (Å²) < 4.78 is 13.2. The molecule has 162 valence electrons. The molecule has 0 unspecified atom stereocenters. The minimum atomic E-state index is -0.621. The quantitative estimate of drug-likeness (QED) is 0.490. The third kappa shape index (κ3) is 6.99. The molecule has 0 radical (unpaired) electrons. The topological polar surface area (TPSA) is 49.4 Å². The fourth-order valence-electron chi connectivity index (χ4n) is 3.14. The summed E-state index contributed by atoms with van der Waals surface area (Å²) in [6.45, 7) is 4.71. The van der Waals surface area contributed by atoms with Crippen molar-refractivity contribution in [3.05, 3.63) is 69.5 Å². The number of carbonyl (C=O) groups is 2. The van der Waals surface area contributed by atoms with Crippen LogP contribution in [0.4, 0.5) is 4.39 Å². The van der Waals surface area contributed by atoms with Crippen molar-refractivity contribution in [1.82, 2.24) is 10.2 Å². The zero-order valence-electron chi connectivity index (χ0n) is 17.3. The van der Waals surface area contributed by atoms with E-state index < -0.39 is 6.04 Å². The molecule has 0 aliphatic rings. The van der Waals surface area contributed by atoms with Gasteiger partial charge in [-0.1, -0.05) is 61.7 Å². The smallest absolute Gasteiger partial charge is 0.242 e. The van der Waals surface area contributed by atoms with Crippen molar-refractivity contribution in [3.63, 3.8) is 0 Å². The minimum absolute atomic E-state index is 0.0698. The van der Waals surface area contributed by atoms with Gasteiger partial charge in [-0.25, -0.2) is 4.39 Å². The summed E-state index contributed by atoms with van der Waals surface area (Å²) in [6, 6.07) is 10.3. The molecule has 1 N–H and O–H groups in total. The molecule has 0 fully saturated rings. The van der Waals surface area contributed by atoms with Gasteiger partial charge >= 0.3 is 0 Å². The van der Waals surface area contributed by atoms with Gasteiger partial charge in [0.15, 0.2) is 0 Å². The Morgan fingerprint density at radius 1 is 1.03 bits per heavy atom. The van der Waals surface area contributed by atoms with Crippen LogP contribution in [0.2, 0.25) is 10.0 Å². The fourth-order valence-corrected chi connectivity index (χ4v) is 3.46. The Balaban J connectivity index is 2.26. The first-order valence-electron chi connectivity index (χ1n) is 10.1. The first-order chi connectivity index (χ1) is 14.3. The number of unbranched alkanes of at least 4 members (excludes halogenated alkanes) is 1. The lowest BCUT2D eigenvalue weighted by Crippen LogP contribution is -2.49. The van der Waals surface area contributed by atoms with Gasteiger partial charge in [-0.15, -0.1) is 0 Å². The van der Waals surface area contributed by atoms with Crippen molar-refractivity contribution < 1.29 is 14.0 Å². The van der Waals surface area contributed by atoms with E-state index in [4.69, 9.17) is 23.2 Å². The van der Waals surface area contributed by atoms with Gasteiger partial charge in [0.1, 0.15) is 11.9 Å². The van der Waals surface area contributed by atoms with E-state index in [1.54, 1.807) is 35.2 Å². The lowest BCUT2D eigenvalue weighted by Gasteiger charge is -2.31. The molecule has 4 nitrogen and oxygen atoms in total. The average Bonchev–Trinajstić information content (AvgIpc) is 2.72. The van der Waals surface area contributed by atoms with Crippen LogP contribution in [-0.2, 0) is 22.6 Å². The number of carbonyl (C=O) groups excluding carboxylic acids is 2. The van der Waals surface area contributed by atoms with Crippen molar-refractivity contribution in [2.75, 3.05) is 6.54 Å². The third-order valence-corrected chi connectivity index (χ3v) is 5.56. The summed E-state index contributed by atoms with van der Waals surface area (Å²) in [5.41, 5.74) is 1.46. The third-order valence-electron chi connectivity index (χ3n) is 4.82. The molecular formula is C23H27Cl2FN2O2. The van der Waals surface area contributed by atoms with E-state index in [0.717, 1.165) is 18.4 Å². The molecular weight excluding hydrogens is 426 g/mol. The zero-order valence-corrected chi connectivity index (χ0v) is 18.8. The van der Waals surface area contributed by atoms with Crippen LogP contribution in [0.3, 0.4) is 0 Å². The molecule has 2 aromatic carbocycles. The average molecular weight is 453 g/mol. The fraction of sp³-hybridized carbons (Fsp3) is 0.391. The van der Waals surface area contributed by atoms with E-state index in [1.807, 2.05) is 13.8 Å². The molecule has 0 aliphatic carbocycles. The van der Waals surface area contributed by atoms with Crippen LogP contribution in [0.5, 0.6) is 0 Å². The molecule has 1 atom stereocenters. The minimum Gasteiger partial charge on any atom is -0.354 e. The van der Waals surface area contributed by atoms with Crippen LogP contribution in [-0.4, -0.2) is 29.3 Å². The predicted octanol–water partition coefficient (Wildman–Crippen LogP) is 5.40. The summed E-state index contributed by atoms with van der Waals surface area (Å²) in [5, 5.41) is 3.73. The molecule has 2 rings (SSSR count). The van der Waals surface area contributed by atoms with E-state index in [0.29, 0.717) is 28.6 Å². The second-order valence-electron chi connectivity index (χ2n) is 7.14. The molecule has 0 bridgehead atoms. The number of hydrogen-bond donors (Lipinski definition) is 1. The highest BCUT2D eigenvalue weighted by molar-refractivity contribution is 6.42. The van der Waals surface area contributed by atoms with Gasteiger partial charge in [0.05, 0.1) is 16.5 Å². The molecule has 2 aromatic rings. The number of benzene rings is 2. The maximum atomic E-state index is 13.2. The molecule has 2 amide bonds. The Bertz CT molecular complexity index is 859. The van der Waals surface area contributed by atoms with E-state index >= 15 is 0 Å². The van der Waals surface area contributed by atoms with Gasteiger partial charge in [0, 0.05) is 13.1 Å². The SMILES string of the molecule is CCCCNC(=O)[C@H](CC)N(Cc1ccc(Cl)c(Cl)c1)C(=O)Cc1ccc(F)cc1. The van der Waals surface area contributed by atoms with Crippen LogP contribution in [0.25, 0.3) is 0 Å². The Labute approximate surface area is 187 Å². The van der Waals surface area contributed by atoms with Gasteiger partial charge in [0.25, 0.3) is 0 Å². The van der Waals surface area contributed by atoms with Crippen LogP contribution >= 0.6 is 23.2 Å². The van der Waals surface area contributed by atoms with Crippen molar-refractivity contribution in [1.29, 1.82) is 0 Å². The van der Waals surface area contributed by atoms with Crippen molar-refractivity contribution in [3.8, 4) is 0 Å². The lowest BCUT2D eigenvalue weighted by molar-refractivity contribution is -0.140. The van der Waals surface area contributed by atoms with Crippen LogP contribution < -0.4 is 5.32 Å². The molecule has 0 heterocycles. The van der Waals surface area contributed by atoms with Gasteiger partial charge in [-0.05, 0) is 48.2 Å². The zero-order chi connectivity index (χ0) is 22.1. The summed E-state index contributed by atoms with van der Waals surface area (Å²) in [5.74, 6) is -0.760. The number of rotatable bonds is 10. The molecule has 0 aromatic heterocycles. The standard InChI is InChI=1S/C23H27Cl2FN2O2/c1-3-5-12-27-23(30)21(4-2)28(15-17-8-11-19(24)20(25)13-17)22(29)14-16-6-9-18(26)10-7-16/h6-11,13,21H,3-5,12,14-15H2,1-2H3,(H,27,30)/t21-/m0/s1. The summed E-state index contributed by atoms with van der Waals surface area (Å²) in [6.07, 6.45) is 2.38. The van der Waals surface area contributed by atoms with Crippen LogP contribution in [0, 0.1) is 5.82 Å². The highest BCUT2D eigenvalue weighted by Crippen LogP contribution is 2.24. The van der Waals surface area contributed by atoms with Gasteiger partial charge < -0.3 is 10.2 Å². The van der Waals surface area contributed by atoms with Crippen molar-refractivity contribution >= 4 is 35.0 Å². The van der Waals surface area contributed by atoms with E-state index in [9.17, 15) is 14.0 Å². The number of nitrogens with zero attached hydrogens (tertiary/aromatic N) is 1. The Morgan fingerprint density at radius 2 is 1.70 bits per heavy atom. The summed E-state index contributed by atoms with van der Waals surface area (Å²) in [7, 11) is 0. The normalized spacial score (nSPS) is 11.8. The van der Waals surface area contributed by atoms with E-state index in [1.165, 1.54) is 12.1 Å². The Hall–Kier alpha value is -2.11. The van der Waals surface area contributed by atoms with Crippen molar-refractivity contribution in [2.24, 2.45) is 0 Å². The van der Waals surface area contributed by atoms with Crippen LogP contribution in [0.1, 0.15) is 44.2 Å². The number of nitrogens with one attached hydrogen (secondary N) is 1. The highest BCUT2D eigenvalue weighted by Gasteiger charge is 2.28. The predicted molar refractivity (Wildman–Crippen MR) is 119 cm³/mol. The maximum absolute atomic E-state index is 13.2. The second-order valence-corrected chi connectivity index (χ2v) is 7.96. The Morgan fingerprint density at radius 3 is 2.30 bits per heavy atom. The maximum Gasteiger partial charge on any atom is 0.242 e. The molecule has 7 heteroatoms. The monoisotopic (exact) mass is 452 g/mol. The van der Waals surface area contributed by atoms with Crippen molar-refractivity contribution in [2.45, 2.75) is 52.1 Å².